The summed E-state index contributed by atoms with van der Waals surface area (Å²) in [4.78, 5) is 4.84. The van der Waals surface area contributed by atoms with Gasteiger partial charge in [0.1, 0.15) is 5.75 Å². The van der Waals surface area contributed by atoms with Gasteiger partial charge >= 0.3 is 0 Å². The summed E-state index contributed by atoms with van der Waals surface area (Å²) in [5.41, 5.74) is 4.02. The zero-order valence-electron chi connectivity index (χ0n) is 17.1. The molecule has 0 aliphatic carbocycles. The molecule has 3 heterocycles. The second kappa shape index (κ2) is 8.42. The van der Waals surface area contributed by atoms with Crippen molar-refractivity contribution in [2.75, 3.05) is 12.3 Å². The van der Waals surface area contributed by atoms with Gasteiger partial charge in [-0.15, -0.1) is 0 Å². The van der Waals surface area contributed by atoms with Crippen molar-refractivity contribution in [2.24, 2.45) is 0 Å². The Morgan fingerprint density at radius 1 is 1.21 bits per heavy atom. The minimum atomic E-state index is -3.25. The summed E-state index contributed by atoms with van der Waals surface area (Å²) in [6, 6.07) is 9.65. The molecule has 156 valence electrons. The highest BCUT2D eigenvalue weighted by Crippen LogP contribution is 2.37. The summed E-state index contributed by atoms with van der Waals surface area (Å²) in [6.07, 6.45) is 2.93. The van der Waals surface area contributed by atoms with Crippen LogP contribution in [0, 0.1) is 0 Å². The lowest BCUT2D eigenvalue weighted by Crippen LogP contribution is -2.39. The zero-order chi connectivity index (χ0) is 20.4. The Morgan fingerprint density at radius 3 is 2.76 bits per heavy atom. The molecule has 1 atom stereocenters. The molecule has 1 aromatic heterocycles. The fourth-order valence-electron chi connectivity index (χ4n) is 3.96. The molecule has 0 spiro atoms. The van der Waals surface area contributed by atoms with E-state index in [9.17, 15) is 8.42 Å². The molecule has 0 amide bonds. The number of ether oxygens (including phenoxy) is 2. The number of rotatable bonds is 6. The number of fused-ring (bicyclic) bond motifs is 3. The SMILES string of the molecule is CCCCS(=O)(=O)N1CCc2nc(Oc3ccccc3)c3c(c2C1)CO[C@@H](C)C3. The van der Waals surface area contributed by atoms with Crippen LogP contribution >= 0.6 is 0 Å². The summed E-state index contributed by atoms with van der Waals surface area (Å²) in [6.45, 7) is 5.35. The summed E-state index contributed by atoms with van der Waals surface area (Å²) in [5.74, 6) is 1.58. The van der Waals surface area contributed by atoms with Gasteiger partial charge in [-0.2, -0.15) is 4.31 Å². The highest BCUT2D eigenvalue weighted by molar-refractivity contribution is 7.89. The quantitative estimate of drug-likeness (QED) is 0.716. The fourth-order valence-corrected chi connectivity index (χ4v) is 5.56. The van der Waals surface area contributed by atoms with Gasteiger partial charge in [-0.1, -0.05) is 31.5 Å². The highest BCUT2D eigenvalue weighted by atomic mass is 32.2. The topological polar surface area (TPSA) is 68.7 Å². The van der Waals surface area contributed by atoms with Gasteiger partial charge in [0.25, 0.3) is 0 Å². The van der Waals surface area contributed by atoms with Crippen LogP contribution in [0.25, 0.3) is 0 Å². The van der Waals surface area contributed by atoms with E-state index in [2.05, 4.69) is 0 Å². The average Bonchev–Trinajstić information content (AvgIpc) is 2.73. The van der Waals surface area contributed by atoms with Crippen LogP contribution in [-0.2, 0) is 40.8 Å². The molecule has 0 fully saturated rings. The second-order valence-electron chi connectivity index (χ2n) is 7.79. The normalized spacial score (nSPS) is 19.4. The Labute approximate surface area is 172 Å². The Hall–Kier alpha value is -1.96. The molecule has 0 bridgehead atoms. The van der Waals surface area contributed by atoms with Crippen molar-refractivity contribution in [1.29, 1.82) is 0 Å². The number of pyridine rings is 1. The molecule has 0 radical (unpaired) electrons. The number of sulfonamides is 1. The largest absolute Gasteiger partial charge is 0.439 e. The first-order valence-electron chi connectivity index (χ1n) is 10.3. The van der Waals surface area contributed by atoms with Crippen molar-refractivity contribution in [3.63, 3.8) is 0 Å². The minimum Gasteiger partial charge on any atom is -0.439 e. The lowest BCUT2D eigenvalue weighted by atomic mass is 9.93. The third-order valence-corrected chi connectivity index (χ3v) is 7.52. The van der Waals surface area contributed by atoms with E-state index in [-0.39, 0.29) is 11.9 Å². The van der Waals surface area contributed by atoms with Crippen molar-refractivity contribution in [3.8, 4) is 11.6 Å². The van der Waals surface area contributed by atoms with E-state index in [0.717, 1.165) is 34.6 Å². The van der Waals surface area contributed by atoms with Crippen LogP contribution in [0.5, 0.6) is 11.6 Å². The lowest BCUT2D eigenvalue weighted by molar-refractivity contribution is 0.0390. The average molecular weight is 417 g/mol. The van der Waals surface area contributed by atoms with Crippen LogP contribution in [-0.4, -0.2) is 36.1 Å². The van der Waals surface area contributed by atoms with Crippen molar-refractivity contribution in [3.05, 3.63) is 52.7 Å². The number of benzene rings is 1. The van der Waals surface area contributed by atoms with Crippen LogP contribution < -0.4 is 4.74 Å². The summed E-state index contributed by atoms with van der Waals surface area (Å²) >= 11 is 0. The summed E-state index contributed by atoms with van der Waals surface area (Å²) < 4.78 is 39.1. The Bertz CT molecular complexity index is 976. The second-order valence-corrected chi connectivity index (χ2v) is 9.88. The third-order valence-electron chi connectivity index (χ3n) is 5.61. The Kier molecular flexibility index (Phi) is 5.90. The van der Waals surface area contributed by atoms with Gasteiger partial charge in [0.15, 0.2) is 0 Å². The molecule has 6 nitrogen and oxygen atoms in total. The van der Waals surface area contributed by atoms with E-state index in [4.69, 9.17) is 14.5 Å². The van der Waals surface area contributed by atoms with E-state index < -0.39 is 10.0 Å². The molecule has 0 unspecified atom stereocenters. The number of hydrogen-bond donors (Lipinski definition) is 0. The molecule has 1 aromatic carbocycles. The molecule has 0 saturated heterocycles. The maximum Gasteiger partial charge on any atom is 0.223 e. The van der Waals surface area contributed by atoms with Crippen LogP contribution in [0.3, 0.4) is 0 Å². The standard InChI is InChI=1S/C22H28N2O4S/c1-3-4-12-29(25,26)24-11-10-21-19(14-24)20-15-27-16(2)13-18(20)22(23-21)28-17-8-6-5-7-9-17/h5-9,16H,3-4,10-15H2,1-2H3/t16-/m0/s1. The van der Waals surface area contributed by atoms with E-state index in [1.54, 1.807) is 4.31 Å². The van der Waals surface area contributed by atoms with Gasteiger partial charge in [0.2, 0.25) is 15.9 Å². The summed E-state index contributed by atoms with van der Waals surface area (Å²) in [7, 11) is -3.25. The molecule has 0 N–H and O–H groups in total. The lowest BCUT2D eigenvalue weighted by Gasteiger charge is -2.33. The predicted octanol–water partition coefficient (Wildman–Crippen LogP) is 3.82. The van der Waals surface area contributed by atoms with Gasteiger partial charge in [0.05, 0.1) is 24.2 Å². The van der Waals surface area contributed by atoms with Gasteiger partial charge in [-0.05, 0) is 36.6 Å². The number of aromatic nitrogens is 1. The molecule has 2 aliphatic rings. The third kappa shape index (κ3) is 4.32. The molecule has 2 aliphatic heterocycles. The maximum absolute atomic E-state index is 12.7. The van der Waals surface area contributed by atoms with Crippen molar-refractivity contribution in [1.82, 2.24) is 9.29 Å². The van der Waals surface area contributed by atoms with E-state index in [0.29, 0.717) is 44.8 Å². The number of para-hydroxylation sites is 1. The van der Waals surface area contributed by atoms with Gasteiger partial charge in [0, 0.05) is 31.5 Å². The molecule has 2 aromatic rings. The van der Waals surface area contributed by atoms with Crippen molar-refractivity contribution >= 4 is 10.0 Å². The molecule has 0 saturated carbocycles. The maximum atomic E-state index is 12.7. The fraction of sp³-hybridized carbons (Fsp3) is 0.500. The monoisotopic (exact) mass is 416 g/mol. The van der Waals surface area contributed by atoms with Crippen molar-refractivity contribution < 1.29 is 17.9 Å². The predicted molar refractivity (Wildman–Crippen MR) is 112 cm³/mol. The smallest absolute Gasteiger partial charge is 0.223 e. The van der Waals surface area contributed by atoms with Gasteiger partial charge in [-0.25, -0.2) is 13.4 Å². The van der Waals surface area contributed by atoms with Gasteiger partial charge < -0.3 is 9.47 Å². The number of unbranched alkanes of at least 4 members (excludes halogenated alkanes) is 1. The minimum absolute atomic E-state index is 0.0773. The molecular formula is C22H28N2O4S. The molecule has 29 heavy (non-hydrogen) atoms. The van der Waals surface area contributed by atoms with E-state index >= 15 is 0 Å². The number of nitrogens with zero attached hydrogens (tertiary/aromatic N) is 2. The van der Waals surface area contributed by atoms with Crippen LogP contribution in [0.1, 0.15) is 49.1 Å². The first kappa shape index (κ1) is 20.3. The van der Waals surface area contributed by atoms with Crippen LogP contribution in [0.2, 0.25) is 0 Å². The van der Waals surface area contributed by atoms with Crippen LogP contribution in [0.15, 0.2) is 30.3 Å². The van der Waals surface area contributed by atoms with Crippen LogP contribution in [0.4, 0.5) is 0 Å². The van der Waals surface area contributed by atoms with E-state index in [1.165, 1.54) is 0 Å². The first-order valence-corrected chi connectivity index (χ1v) is 11.9. The highest BCUT2D eigenvalue weighted by Gasteiger charge is 2.33. The molecule has 7 heteroatoms. The van der Waals surface area contributed by atoms with E-state index in [1.807, 2.05) is 44.2 Å². The first-order chi connectivity index (χ1) is 14.0. The zero-order valence-corrected chi connectivity index (χ0v) is 17.9. The molecular weight excluding hydrogens is 388 g/mol. The number of hydrogen-bond acceptors (Lipinski definition) is 5. The summed E-state index contributed by atoms with van der Waals surface area (Å²) in [5, 5.41) is 0. The Balaban J connectivity index is 1.69. The van der Waals surface area contributed by atoms with Gasteiger partial charge in [-0.3, -0.25) is 0 Å². The Morgan fingerprint density at radius 2 is 2.00 bits per heavy atom. The van der Waals surface area contributed by atoms with Crippen molar-refractivity contribution in [2.45, 2.75) is 58.8 Å². The molecule has 4 rings (SSSR count).